The molecule has 1 saturated heterocycles. The first-order valence-electron chi connectivity index (χ1n) is 11.1. The predicted molar refractivity (Wildman–Crippen MR) is 121 cm³/mol. The Balaban J connectivity index is 1.38. The minimum absolute atomic E-state index is 0.0226. The van der Waals surface area contributed by atoms with E-state index in [1.165, 1.54) is 0 Å². The second-order valence-corrected chi connectivity index (χ2v) is 7.86. The molecule has 0 spiro atoms. The summed E-state index contributed by atoms with van der Waals surface area (Å²) in [6, 6.07) is 9.74. The maximum atomic E-state index is 13.3. The maximum Gasteiger partial charge on any atom is 0.226 e. The van der Waals surface area contributed by atoms with Crippen LogP contribution in [0.5, 0.6) is 11.5 Å². The van der Waals surface area contributed by atoms with Gasteiger partial charge in [-0.3, -0.25) is 4.79 Å². The van der Waals surface area contributed by atoms with E-state index in [1.807, 2.05) is 49.1 Å². The largest absolute Gasteiger partial charge is 0.493 e. The Morgan fingerprint density at radius 2 is 1.97 bits per heavy atom. The molecule has 0 atom stereocenters. The molecule has 0 bridgehead atoms. The van der Waals surface area contributed by atoms with Crippen molar-refractivity contribution in [2.75, 3.05) is 38.3 Å². The number of carbonyl (C=O) groups excluding carboxylic acids is 1. The molecule has 1 amide bonds. The van der Waals surface area contributed by atoms with Crippen LogP contribution in [0.25, 0.3) is 5.65 Å². The number of nitrogens with zero attached hydrogens (tertiary/aromatic N) is 6. The van der Waals surface area contributed by atoms with Crippen LogP contribution < -0.4 is 14.4 Å². The fourth-order valence-electron chi connectivity index (χ4n) is 4.15. The van der Waals surface area contributed by atoms with Crippen molar-refractivity contribution in [2.24, 2.45) is 5.92 Å². The minimum Gasteiger partial charge on any atom is -0.493 e. The topological polar surface area (TPSA) is 85.1 Å². The van der Waals surface area contributed by atoms with Gasteiger partial charge in [0.25, 0.3) is 0 Å². The molecule has 9 nitrogen and oxygen atoms in total. The van der Waals surface area contributed by atoms with Crippen LogP contribution in [0.1, 0.15) is 32.3 Å². The van der Waals surface area contributed by atoms with E-state index >= 15 is 0 Å². The summed E-state index contributed by atoms with van der Waals surface area (Å²) in [4.78, 5) is 17.4. The van der Waals surface area contributed by atoms with Crippen molar-refractivity contribution in [3.63, 3.8) is 0 Å². The van der Waals surface area contributed by atoms with Crippen molar-refractivity contribution < 1.29 is 14.3 Å². The number of ether oxygens (including phenoxy) is 2. The number of carbonyl (C=O) groups is 1. The van der Waals surface area contributed by atoms with Gasteiger partial charge in [0, 0.05) is 32.1 Å². The maximum absolute atomic E-state index is 13.3. The first-order chi connectivity index (χ1) is 15.6. The van der Waals surface area contributed by atoms with Gasteiger partial charge in [-0.15, -0.1) is 15.3 Å². The average Bonchev–Trinajstić information content (AvgIpc) is 3.31. The standard InChI is InChI=1S/C23H30N6O3/c1-4-27(15-17-6-7-19(32-5-2)20(14-17)31-3)23(30)18-10-12-28(13-11-18)22-9-8-21-25-24-16-29(21)26-22/h6-9,14,16,18H,4-5,10-13,15H2,1-3H3. The van der Waals surface area contributed by atoms with Gasteiger partial charge < -0.3 is 19.3 Å². The van der Waals surface area contributed by atoms with Crippen molar-refractivity contribution in [1.82, 2.24) is 24.7 Å². The molecular formula is C23H30N6O3. The van der Waals surface area contributed by atoms with Gasteiger partial charge in [0.1, 0.15) is 12.1 Å². The number of fused-ring (bicyclic) bond motifs is 1. The van der Waals surface area contributed by atoms with Crippen molar-refractivity contribution in [2.45, 2.75) is 33.2 Å². The summed E-state index contributed by atoms with van der Waals surface area (Å²) in [5, 5.41) is 12.4. The molecule has 0 saturated carbocycles. The highest BCUT2D eigenvalue weighted by atomic mass is 16.5. The lowest BCUT2D eigenvalue weighted by atomic mass is 9.95. The lowest BCUT2D eigenvalue weighted by Gasteiger charge is -2.34. The zero-order valence-electron chi connectivity index (χ0n) is 18.9. The van der Waals surface area contributed by atoms with Gasteiger partial charge >= 0.3 is 0 Å². The van der Waals surface area contributed by atoms with E-state index in [-0.39, 0.29) is 11.8 Å². The molecule has 0 unspecified atom stereocenters. The lowest BCUT2D eigenvalue weighted by molar-refractivity contribution is -0.136. The molecule has 0 aliphatic carbocycles. The van der Waals surface area contributed by atoms with Crippen molar-refractivity contribution in [3.05, 3.63) is 42.2 Å². The predicted octanol–water partition coefficient (Wildman–Crippen LogP) is 2.80. The Hall–Kier alpha value is -3.36. The molecule has 0 N–H and O–H groups in total. The van der Waals surface area contributed by atoms with Crippen molar-refractivity contribution in [1.29, 1.82) is 0 Å². The van der Waals surface area contributed by atoms with Crippen molar-refractivity contribution >= 4 is 17.4 Å². The summed E-state index contributed by atoms with van der Waals surface area (Å²) >= 11 is 0. The Kier molecular flexibility index (Phi) is 6.72. The van der Waals surface area contributed by atoms with E-state index in [1.54, 1.807) is 18.0 Å². The molecule has 9 heteroatoms. The Morgan fingerprint density at radius 1 is 1.16 bits per heavy atom. The van der Waals surface area contributed by atoms with Gasteiger partial charge in [-0.05, 0) is 56.5 Å². The number of methoxy groups -OCH3 is 1. The van der Waals surface area contributed by atoms with Crippen LogP contribution in [0.15, 0.2) is 36.7 Å². The molecule has 1 aromatic carbocycles. The average molecular weight is 439 g/mol. The third-order valence-electron chi connectivity index (χ3n) is 5.91. The van der Waals surface area contributed by atoms with Crippen LogP contribution in [0.4, 0.5) is 5.82 Å². The molecule has 170 valence electrons. The van der Waals surface area contributed by atoms with E-state index in [0.717, 1.165) is 48.7 Å². The van der Waals surface area contributed by atoms with Gasteiger partial charge in [0.05, 0.1) is 13.7 Å². The molecule has 3 aromatic rings. The fraction of sp³-hybridized carbons (Fsp3) is 0.478. The number of hydrogen-bond acceptors (Lipinski definition) is 7. The Labute approximate surface area is 187 Å². The Morgan fingerprint density at radius 3 is 2.69 bits per heavy atom. The SMILES string of the molecule is CCOc1ccc(CN(CC)C(=O)C2CCN(c3ccc4nncn4n3)CC2)cc1OC. The minimum atomic E-state index is 0.0226. The summed E-state index contributed by atoms with van der Waals surface area (Å²) in [5.41, 5.74) is 1.76. The number of hydrogen-bond donors (Lipinski definition) is 0. The van der Waals surface area contributed by atoms with Crippen LogP contribution >= 0.6 is 0 Å². The second-order valence-electron chi connectivity index (χ2n) is 7.86. The van der Waals surface area contributed by atoms with Gasteiger partial charge in [-0.2, -0.15) is 4.52 Å². The molecule has 0 radical (unpaired) electrons. The first-order valence-corrected chi connectivity index (χ1v) is 11.1. The molecule has 4 rings (SSSR count). The molecule has 32 heavy (non-hydrogen) atoms. The molecule has 1 fully saturated rings. The number of aromatic nitrogens is 4. The summed E-state index contributed by atoms with van der Waals surface area (Å²) in [6.45, 7) is 7.37. The van der Waals surface area contributed by atoms with Crippen LogP contribution in [0.3, 0.4) is 0 Å². The van der Waals surface area contributed by atoms with E-state index in [9.17, 15) is 4.79 Å². The molecule has 2 aromatic heterocycles. The van der Waals surface area contributed by atoms with E-state index in [4.69, 9.17) is 9.47 Å². The van der Waals surface area contributed by atoms with E-state index < -0.39 is 0 Å². The fourth-order valence-corrected chi connectivity index (χ4v) is 4.15. The summed E-state index contributed by atoms with van der Waals surface area (Å²) in [6.07, 6.45) is 3.22. The monoisotopic (exact) mass is 438 g/mol. The number of rotatable bonds is 8. The highest BCUT2D eigenvalue weighted by molar-refractivity contribution is 5.79. The van der Waals surface area contributed by atoms with Crippen LogP contribution in [0.2, 0.25) is 0 Å². The van der Waals surface area contributed by atoms with Crippen LogP contribution in [-0.4, -0.2) is 64.0 Å². The summed E-state index contributed by atoms with van der Waals surface area (Å²) < 4.78 is 12.7. The third-order valence-corrected chi connectivity index (χ3v) is 5.91. The first kappa shape index (κ1) is 21.9. The van der Waals surface area contributed by atoms with Gasteiger partial charge in [0.15, 0.2) is 17.1 Å². The number of anilines is 1. The van der Waals surface area contributed by atoms with Crippen LogP contribution in [0, 0.1) is 5.92 Å². The summed E-state index contributed by atoms with van der Waals surface area (Å²) in [5.74, 6) is 2.53. The summed E-state index contributed by atoms with van der Waals surface area (Å²) in [7, 11) is 1.63. The molecular weight excluding hydrogens is 408 g/mol. The van der Waals surface area contributed by atoms with Gasteiger partial charge in [-0.1, -0.05) is 6.07 Å². The highest BCUT2D eigenvalue weighted by Gasteiger charge is 2.29. The normalized spacial score (nSPS) is 14.5. The zero-order chi connectivity index (χ0) is 22.5. The highest BCUT2D eigenvalue weighted by Crippen LogP contribution is 2.29. The molecule has 1 aliphatic heterocycles. The number of piperidine rings is 1. The lowest BCUT2D eigenvalue weighted by Crippen LogP contribution is -2.42. The van der Waals surface area contributed by atoms with Gasteiger partial charge in [0.2, 0.25) is 5.91 Å². The Bertz CT molecular complexity index is 1060. The van der Waals surface area contributed by atoms with Crippen LogP contribution in [-0.2, 0) is 11.3 Å². The zero-order valence-corrected chi connectivity index (χ0v) is 18.9. The second kappa shape index (κ2) is 9.84. The number of benzene rings is 1. The van der Waals surface area contributed by atoms with Gasteiger partial charge in [-0.25, -0.2) is 0 Å². The smallest absolute Gasteiger partial charge is 0.226 e. The molecule has 1 aliphatic rings. The van der Waals surface area contributed by atoms with E-state index in [0.29, 0.717) is 25.4 Å². The molecule has 3 heterocycles. The quantitative estimate of drug-likeness (QED) is 0.535. The number of amides is 1. The van der Waals surface area contributed by atoms with E-state index in [2.05, 4.69) is 20.2 Å². The third kappa shape index (κ3) is 4.61. The van der Waals surface area contributed by atoms with Crippen molar-refractivity contribution in [3.8, 4) is 11.5 Å².